The number of aryl methyl sites for hydroxylation is 1. The van der Waals surface area contributed by atoms with Gasteiger partial charge in [-0.3, -0.25) is 4.79 Å². The topological polar surface area (TPSA) is 59.3 Å². The number of carboxylic acid groups (broad SMARTS) is 1. The van der Waals surface area contributed by atoms with Crippen molar-refractivity contribution in [3.05, 3.63) is 35.0 Å². The molecule has 0 unspecified atom stereocenters. The maximum atomic E-state index is 11.3. The van der Waals surface area contributed by atoms with E-state index in [9.17, 15) is 14.7 Å². The molecule has 0 radical (unpaired) electrons. The van der Waals surface area contributed by atoms with E-state index in [2.05, 4.69) is 11.5 Å². The Bertz CT molecular complexity index is 683. The minimum atomic E-state index is -0.961. The number of benzene rings is 1. The third-order valence-corrected chi connectivity index (χ3v) is 3.78. The van der Waals surface area contributed by atoms with Crippen LogP contribution in [0.5, 0.6) is 0 Å². The molecule has 0 saturated heterocycles. The Morgan fingerprint density at radius 1 is 1.38 bits per heavy atom. The van der Waals surface area contributed by atoms with E-state index in [1.165, 1.54) is 0 Å². The molecule has 21 heavy (non-hydrogen) atoms. The van der Waals surface area contributed by atoms with Crippen LogP contribution in [0, 0.1) is 0 Å². The quantitative estimate of drug-likeness (QED) is 0.814. The average molecular weight is 287 g/mol. The van der Waals surface area contributed by atoms with E-state index < -0.39 is 5.97 Å². The highest BCUT2D eigenvalue weighted by atomic mass is 16.4. The molecule has 1 heterocycles. The third-order valence-electron chi connectivity index (χ3n) is 3.78. The maximum absolute atomic E-state index is 11.3. The Kier molecular flexibility index (Phi) is 4.46. The molecule has 0 spiro atoms. The smallest absolute Gasteiger partial charge is 0.335 e. The molecule has 0 aliphatic rings. The lowest BCUT2D eigenvalue weighted by molar-refractivity contribution is 0.0696. The van der Waals surface area contributed by atoms with Crippen LogP contribution in [0.2, 0.25) is 0 Å². The number of unbranched alkanes of at least 4 members (excludes halogenated alkanes) is 1. The Morgan fingerprint density at radius 2 is 2.10 bits per heavy atom. The minimum Gasteiger partial charge on any atom is -0.478 e. The summed E-state index contributed by atoms with van der Waals surface area (Å²) in [5.74, 6) is -0.765. The molecule has 0 aliphatic carbocycles. The van der Waals surface area contributed by atoms with E-state index in [0.717, 1.165) is 42.1 Å². The number of aromatic nitrogens is 1. The molecule has 0 aliphatic heterocycles. The summed E-state index contributed by atoms with van der Waals surface area (Å²) in [6, 6.07) is 3.34. The summed E-state index contributed by atoms with van der Waals surface area (Å²) in [4.78, 5) is 22.6. The number of hydrogen-bond acceptors (Lipinski definition) is 2. The summed E-state index contributed by atoms with van der Waals surface area (Å²) >= 11 is 0. The lowest BCUT2D eigenvalue weighted by Crippen LogP contribution is -2.03. The van der Waals surface area contributed by atoms with Gasteiger partial charge in [-0.2, -0.15) is 0 Å². The van der Waals surface area contributed by atoms with Crippen molar-refractivity contribution in [3.63, 3.8) is 0 Å². The summed E-state index contributed by atoms with van der Waals surface area (Å²) in [6.45, 7) is 7.04. The van der Waals surface area contributed by atoms with Gasteiger partial charge in [0.05, 0.1) is 11.1 Å². The molecule has 0 saturated carbocycles. The molecule has 2 aromatic rings. The number of carbonyl (C=O) groups is 2. The number of hydrogen-bond donors (Lipinski definition) is 1. The summed E-state index contributed by atoms with van der Waals surface area (Å²) in [7, 11) is 0. The number of fused-ring (bicyclic) bond motifs is 1. The van der Waals surface area contributed by atoms with Crippen LogP contribution in [0.25, 0.3) is 10.9 Å². The second-order valence-corrected chi connectivity index (χ2v) is 5.67. The van der Waals surface area contributed by atoms with Crippen LogP contribution in [0.15, 0.2) is 18.3 Å². The number of carboxylic acids is 1. The number of nitrogens with zero attached hydrogens (tertiary/aromatic N) is 1. The highest BCUT2D eigenvalue weighted by Gasteiger charge is 2.17. The highest BCUT2D eigenvalue weighted by molar-refractivity contribution is 6.03. The fourth-order valence-electron chi connectivity index (χ4n) is 2.66. The first-order chi connectivity index (χ1) is 9.99. The van der Waals surface area contributed by atoms with E-state index in [-0.39, 0.29) is 11.5 Å². The zero-order valence-corrected chi connectivity index (χ0v) is 12.7. The number of aldehydes is 1. The second kappa shape index (κ2) is 6.12. The maximum Gasteiger partial charge on any atom is 0.335 e. The Balaban J connectivity index is 2.77. The van der Waals surface area contributed by atoms with Crippen molar-refractivity contribution in [1.29, 1.82) is 0 Å². The molecule has 1 N–H and O–H groups in total. The molecule has 0 bridgehead atoms. The largest absolute Gasteiger partial charge is 0.478 e. The second-order valence-electron chi connectivity index (χ2n) is 5.67. The van der Waals surface area contributed by atoms with Gasteiger partial charge in [0.1, 0.15) is 0 Å². The van der Waals surface area contributed by atoms with Crippen LogP contribution < -0.4 is 0 Å². The van der Waals surface area contributed by atoms with Gasteiger partial charge in [-0.15, -0.1) is 0 Å². The Hall–Kier alpha value is -2.10. The average Bonchev–Trinajstić information content (AvgIpc) is 2.81. The monoisotopic (exact) mass is 287 g/mol. The molecule has 0 atom stereocenters. The van der Waals surface area contributed by atoms with Crippen LogP contribution in [0.4, 0.5) is 0 Å². The Morgan fingerprint density at radius 3 is 2.62 bits per heavy atom. The molecule has 4 heteroatoms. The Labute approximate surface area is 124 Å². The first-order valence-corrected chi connectivity index (χ1v) is 7.34. The van der Waals surface area contributed by atoms with Crippen LogP contribution in [-0.4, -0.2) is 21.9 Å². The van der Waals surface area contributed by atoms with E-state index in [1.807, 2.05) is 20.0 Å². The van der Waals surface area contributed by atoms with Gasteiger partial charge in [-0.25, -0.2) is 4.79 Å². The predicted molar refractivity (Wildman–Crippen MR) is 83.3 cm³/mol. The normalized spacial score (nSPS) is 11.2. The van der Waals surface area contributed by atoms with Crippen molar-refractivity contribution < 1.29 is 14.7 Å². The van der Waals surface area contributed by atoms with Gasteiger partial charge in [-0.05, 0) is 30.0 Å². The molecule has 112 valence electrons. The van der Waals surface area contributed by atoms with E-state index >= 15 is 0 Å². The number of aromatic carboxylic acids is 1. The zero-order valence-electron chi connectivity index (χ0n) is 12.7. The van der Waals surface area contributed by atoms with Crippen LogP contribution >= 0.6 is 0 Å². The molecule has 0 fully saturated rings. The molecule has 4 nitrogen and oxygen atoms in total. The van der Waals surface area contributed by atoms with Crippen molar-refractivity contribution in [3.8, 4) is 0 Å². The molecule has 0 amide bonds. The van der Waals surface area contributed by atoms with Gasteiger partial charge < -0.3 is 9.67 Å². The van der Waals surface area contributed by atoms with Crippen LogP contribution in [-0.2, 0) is 6.54 Å². The van der Waals surface area contributed by atoms with Crippen molar-refractivity contribution in [1.82, 2.24) is 4.57 Å². The standard InChI is InChI=1S/C17H21NO3/c1-4-5-6-18-9-13(10-19)15-8-12(17(20)21)7-14(11(2)3)16(15)18/h7-11H,4-6H2,1-3H3,(H,20,21). The van der Waals surface area contributed by atoms with E-state index in [1.54, 1.807) is 12.1 Å². The predicted octanol–water partition coefficient (Wildman–Crippen LogP) is 4.08. The summed E-state index contributed by atoms with van der Waals surface area (Å²) in [5, 5.41) is 10.0. The van der Waals surface area contributed by atoms with Crippen molar-refractivity contribution >= 4 is 23.2 Å². The molecule has 2 rings (SSSR count). The zero-order chi connectivity index (χ0) is 15.6. The minimum absolute atomic E-state index is 0.196. The van der Waals surface area contributed by atoms with Gasteiger partial charge in [-0.1, -0.05) is 27.2 Å². The highest BCUT2D eigenvalue weighted by Crippen LogP contribution is 2.31. The van der Waals surface area contributed by atoms with Gasteiger partial charge in [0.2, 0.25) is 0 Å². The van der Waals surface area contributed by atoms with Crippen molar-refractivity contribution in [2.45, 2.75) is 46.1 Å². The van der Waals surface area contributed by atoms with Gasteiger partial charge in [0, 0.05) is 23.7 Å². The van der Waals surface area contributed by atoms with Gasteiger partial charge in [0.15, 0.2) is 6.29 Å². The summed E-state index contributed by atoms with van der Waals surface area (Å²) in [6.07, 6.45) is 4.74. The SMILES string of the molecule is CCCCn1cc(C=O)c2cc(C(=O)O)cc(C(C)C)c21. The first kappa shape index (κ1) is 15.3. The van der Waals surface area contributed by atoms with Crippen LogP contribution in [0.3, 0.4) is 0 Å². The first-order valence-electron chi connectivity index (χ1n) is 7.34. The summed E-state index contributed by atoms with van der Waals surface area (Å²) in [5.41, 5.74) is 2.77. The summed E-state index contributed by atoms with van der Waals surface area (Å²) < 4.78 is 2.09. The van der Waals surface area contributed by atoms with Crippen molar-refractivity contribution in [2.24, 2.45) is 0 Å². The molecule has 1 aromatic carbocycles. The third kappa shape index (κ3) is 2.84. The number of carbonyl (C=O) groups excluding carboxylic acids is 1. The van der Waals surface area contributed by atoms with Crippen molar-refractivity contribution in [2.75, 3.05) is 0 Å². The number of rotatable bonds is 6. The lowest BCUT2D eigenvalue weighted by atomic mass is 9.96. The molecular weight excluding hydrogens is 266 g/mol. The fourth-order valence-corrected chi connectivity index (χ4v) is 2.66. The van der Waals surface area contributed by atoms with E-state index in [4.69, 9.17) is 0 Å². The molecular formula is C17H21NO3. The molecule has 1 aromatic heterocycles. The fraction of sp³-hybridized carbons (Fsp3) is 0.412. The van der Waals surface area contributed by atoms with Gasteiger partial charge >= 0.3 is 5.97 Å². The lowest BCUT2D eigenvalue weighted by Gasteiger charge is -2.13. The van der Waals surface area contributed by atoms with E-state index in [0.29, 0.717) is 5.56 Å². The van der Waals surface area contributed by atoms with Crippen LogP contribution in [0.1, 0.15) is 65.8 Å². The van der Waals surface area contributed by atoms with Gasteiger partial charge in [0.25, 0.3) is 0 Å².